The number of nitrogens with zero attached hydrogens (tertiary/aromatic N) is 4. The molecule has 4 nitrogen and oxygen atoms in total. The molecule has 1 unspecified atom stereocenters. The van der Waals surface area contributed by atoms with Gasteiger partial charge in [-0.25, -0.2) is 9.97 Å². The Morgan fingerprint density at radius 1 is 1.48 bits per heavy atom. The summed E-state index contributed by atoms with van der Waals surface area (Å²) in [5, 5.41) is 11.9. The van der Waals surface area contributed by atoms with Gasteiger partial charge in [0.2, 0.25) is 0 Å². The third-order valence-corrected chi connectivity index (χ3v) is 4.33. The van der Waals surface area contributed by atoms with Crippen LogP contribution >= 0.6 is 22.9 Å². The fourth-order valence-electron chi connectivity index (χ4n) is 2.33. The van der Waals surface area contributed by atoms with E-state index < -0.39 is 0 Å². The predicted molar refractivity (Wildman–Crippen MR) is 84.5 cm³/mol. The van der Waals surface area contributed by atoms with Crippen LogP contribution in [0, 0.1) is 11.3 Å². The summed E-state index contributed by atoms with van der Waals surface area (Å²) in [4.78, 5) is 8.90. The average Bonchev–Trinajstić information content (AvgIpc) is 3.11. The second kappa shape index (κ2) is 5.84. The Bertz CT molecular complexity index is 799. The quantitative estimate of drug-likeness (QED) is 0.686. The number of hydrogen-bond donors (Lipinski definition) is 0. The molecular weight excluding hydrogens is 304 g/mol. The first-order valence-corrected chi connectivity index (χ1v) is 7.93. The van der Waals surface area contributed by atoms with E-state index in [1.807, 2.05) is 30.6 Å². The smallest absolute Gasteiger partial charge is 0.127 e. The molecule has 3 rings (SSSR count). The highest BCUT2D eigenvalue weighted by atomic mass is 35.5. The van der Waals surface area contributed by atoms with Gasteiger partial charge >= 0.3 is 0 Å². The van der Waals surface area contributed by atoms with Gasteiger partial charge < -0.3 is 4.57 Å². The summed E-state index contributed by atoms with van der Waals surface area (Å²) in [5.41, 5.74) is 2.45. The summed E-state index contributed by atoms with van der Waals surface area (Å²) in [7, 11) is 0. The summed E-state index contributed by atoms with van der Waals surface area (Å²) < 4.78 is 2.09. The number of hydrogen-bond acceptors (Lipinski definition) is 4. The number of nitriles is 1. The number of benzene rings is 1. The van der Waals surface area contributed by atoms with Crippen LogP contribution in [0.3, 0.4) is 0 Å². The molecule has 1 aromatic carbocycles. The normalized spacial score (nSPS) is 12.4. The van der Waals surface area contributed by atoms with Gasteiger partial charge in [0.05, 0.1) is 33.1 Å². The number of imidazole rings is 1. The number of thiazole rings is 1. The zero-order valence-corrected chi connectivity index (χ0v) is 13.0. The van der Waals surface area contributed by atoms with Gasteiger partial charge in [0, 0.05) is 24.5 Å². The molecule has 106 valence electrons. The van der Waals surface area contributed by atoms with Gasteiger partial charge in [0.25, 0.3) is 0 Å². The molecule has 0 aliphatic heterocycles. The molecule has 0 aliphatic rings. The van der Waals surface area contributed by atoms with Crippen molar-refractivity contribution in [1.29, 1.82) is 5.26 Å². The highest BCUT2D eigenvalue weighted by molar-refractivity contribution is 7.09. The van der Waals surface area contributed by atoms with Crippen molar-refractivity contribution in [2.45, 2.75) is 25.3 Å². The number of halogens is 1. The van der Waals surface area contributed by atoms with Crippen LogP contribution in [0.15, 0.2) is 29.8 Å². The molecule has 21 heavy (non-hydrogen) atoms. The van der Waals surface area contributed by atoms with Crippen LogP contribution in [0.1, 0.15) is 28.7 Å². The highest BCUT2D eigenvalue weighted by Crippen LogP contribution is 2.25. The summed E-state index contributed by atoms with van der Waals surface area (Å²) in [6.45, 7) is 2.67. The largest absolute Gasteiger partial charge is 0.326 e. The Balaban J connectivity index is 2.04. The zero-order chi connectivity index (χ0) is 14.8. The monoisotopic (exact) mass is 316 g/mol. The van der Waals surface area contributed by atoms with Gasteiger partial charge in [0.15, 0.2) is 0 Å². The first kappa shape index (κ1) is 14.1. The maximum absolute atomic E-state index is 9.07. The Morgan fingerprint density at radius 2 is 2.33 bits per heavy atom. The van der Waals surface area contributed by atoms with Crippen molar-refractivity contribution in [3.05, 3.63) is 46.2 Å². The first-order valence-electron chi connectivity index (χ1n) is 6.62. The van der Waals surface area contributed by atoms with Crippen molar-refractivity contribution in [2.24, 2.45) is 0 Å². The minimum atomic E-state index is -0.181. The topological polar surface area (TPSA) is 54.5 Å². The Hall–Kier alpha value is -1.90. The van der Waals surface area contributed by atoms with E-state index >= 15 is 0 Å². The second-order valence-corrected chi connectivity index (χ2v) is 6.36. The van der Waals surface area contributed by atoms with Crippen LogP contribution in [0.4, 0.5) is 0 Å². The molecule has 1 atom stereocenters. The van der Waals surface area contributed by atoms with E-state index in [0.29, 0.717) is 5.56 Å². The molecule has 0 bridgehead atoms. The van der Waals surface area contributed by atoms with Crippen LogP contribution in [-0.2, 0) is 13.0 Å². The van der Waals surface area contributed by atoms with Crippen LogP contribution in [0.5, 0.6) is 0 Å². The van der Waals surface area contributed by atoms with E-state index in [1.54, 1.807) is 17.4 Å². The SMILES string of the molecule is CC(Cl)c1nc2ccc(C#N)cc2n1CCc1nccs1. The minimum Gasteiger partial charge on any atom is -0.326 e. The van der Waals surface area contributed by atoms with Gasteiger partial charge in [-0.3, -0.25) is 0 Å². The molecule has 0 saturated carbocycles. The van der Waals surface area contributed by atoms with E-state index in [2.05, 4.69) is 20.6 Å². The van der Waals surface area contributed by atoms with Crippen molar-refractivity contribution in [3.63, 3.8) is 0 Å². The molecule has 0 spiro atoms. The summed E-state index contributed by atoms with van der Waals surface area (Å²) >= 11 is 7.89. The third kappa shape index (κ3) is 2.78. The third-order valence-electron chi connectivity index (χ3n) is 3.30. The van der Waals surface area contributed by atoms with E-state index in [4.69, 9.17) is 16.9 Å². The standard InChI is InChI=1S/C15H13ClN4S/c1-10(16)15-19-12-3-2-11(9-17)8-13(12)20(15)6-4-14-18-5-7-21-14/h2-3,5,7-8,10H,4,6H2,1H3. The number of aromatic nitrogens is 3. The lowest BCUT2D eigenvalue weighted by Gasteiger charge is -2.09. The molecule has 0 radical (unpaired) electrons. The van der Waals surface area contributed by atoms with E-state index in [-0.39, 0.29) is 5.38 Å². The molecule has 0 amide bonds. The van der Waals surface area contributed by atoms with Gasteiger partial charge in [-0.15, -0.1) is 22.9 Å². The van der Waals surface area contributed by atoms with Crippen molar-refractivity contribution in [1.82, 2.24) is 14.5 Å². The zero-order valence-electron chi connectivity index (χ0n) is 11.5. The summed E-state index contributed by atoms with van der Waals surface area (Å²) in [6.07, 6.45) is 2.64. The number of aryl methyl sites for hydroxylation is 2. The fourth-order valence-corrected chi connectivity index (χ4v) is 3.11. The second-order valence-electron chi connectivity index (χ2n) is 4.73. The first-order chi connectivity index (χ1) is 10.2. The van der Waals surface area contributed by atoms with Crippen molar-refractivity contribution in [2.75, 3.05) is 0 Å². The molecule has 0 N–H and O–H groups in total. The van der Waals surface area contributed by atoms with Gasteiger partial charge in [0.1, 0.15) is 5.82 Å². The molecular formula is C15H13ClN4S. The fraction of sp³-hybridized carbons (Fsp3) is 0.267. The molecule has 0 aliphatic carbocycles. The van der Waals surface area contributed by atoms with Crippen LogP contribution in [0.2, 0.25) is 0 Å². The summed E-state index contributed by atoms with van der Waals surface area (Å²) in [6, 6.07) is 7.69. The van der Waals surface area contributed by atoms with Gasteiger partial charge in [-0.05, 0) is 25.1 Å². The van der Waals surface area contributed by atoms with E-state index in [9.17, 15) is 0 Å². The molecule has 0 saturated heterocycles. The Labute approximate surface area is 131 Å². The van der Waals surface area contributed by atoms with E-state index in [0.717, 1.165) is 34.8 Å². The number of fused-ring (bicyclic) bond motifs is 1. The molecule has 6 heteroatoms. The molecule has 2 aromatic heterocycles. The van der Waals surface area contributed by atoms with Crippen molar-refractivity contribution >= 4 is 34.0 Å². The maximum Gasteiger partial charge on any atom is 0.127 e. The van der Waals surface area contributed by atoms with Gasteiger partial charge in [-0.2, -0.15) is 5.26 Å². The lowest BCUT2D eigenvalue weighted by atomic mass is 10.2. The molecule has 2 heterocycles. The maximum atomic E-state index is 9.07. The molecule has 0 fully saturated rings. The highest BCUT2D eigenvalue weighted by Gasteiger charge is 2.15. The number of rotatable bonds is 4. The lowest BCUT2D eigenvalue weighted by molar-refractivity contribution is 0.666. The Morgan fingerprint density at radius 3 is 3.00 bits per heavy atom. The van der Waals surface area contributed by atoms with Crippen LogP contribution in [0.25, 0.3) is 11.0 Å². The number of alkyl halides is 1. The average molecular weight is 317 g/mol. The van der Waals surface area contributed by atoms with Gasteiger partial charge in [-0.1, -0.05) is 0 Å². The Kier molecular flexibility index (Phi) is 3.91. The minimum absolute atomic E-state index is 0.181. The predicted octanol–water partition coefficient (Wildman–Crippen LogP) is 3.91. The van der Waals surface area contributed by atoms with Crippen LogP contribution in [-0.4, -0.2) is 14.5 Å². The summed E-state index contributed by atoms with van der Waals surface area (Å²) in [5.74, 6) is 0.832. The van der Waals surface area contributed by atoms with Crippen molar-refractivity contribution in [3.8, 4) is 6.07 Å². The lowest BCUT2D eigenvalue weighted by Crippen LogP contribution is -2.06. The van der Waals surface area contributed by atoms with Crippen LogP contribution < -0.4 is 0 Å². The van der Waals surface area contributed by atoms with Crippen molar-refractivity contribution < 1.29 is 0 Å². The molecule has 3 aromatic rings. The van der Waals surface area contributed by atoms with E-state index in [1.165, 1.54) is 0 Å².